The first-order valence-corrected chi connectivity index (χ1v) is 5.34. The minimum absolute atomic E-state index is 0. The highest BCUT2D eigenvalue weighted by molar-refractivity contribution is 7.86. The van der Waals surface area contributed by atoms with E-state index < -0.39 is 10.1 Å². The third-order valence-corrected chi connectivity index (χ3v) is 2.80. The van der Waals surface area contributed by atoms with Crippen LogP contribution < -0.4 is 0 Å². The number of rotatable bonds is 1. The molecule has 15 heavy (non-hydrogen) atoms. The zero-order valence-electron chi connectivity index (χ0n) is 7.49. The quantitative estimate of drug-likeness (QED) is 0.780. The maximum atomic E-state index is 11.0. The van der Waals surface area contributed by atoms with Crippen LogP contribution in [0.2, 0.25) is 0 Å². The van der Waals surface area contributed by atoms with Gasteiger partial charge in [-0.3, -0.25) is 9.54 Å². The molecule has 0 atom stereocenters. The predicted octanol–water partition coefficient (Wildman–Crippen LogP) is 1.90. The number of aromatic nitrogens is 1. The Morgan fingerprint density at radius 1 is 1.13 bits per heavy atom. The highest BCUT2D eigenvalue weighted by Crippen LogP contribution is 2.19. The van der Waals surface area contributed by atoms with Gasteiger partial charge in [0.1, 0.15) is 4.90 Å². The Kier molecular flexibility index (Phi) is 3.28. The van der Waals surface area contributed by atoms with Crippen molar-refractivity contribution in [3.63, 3.8) is 0 Å². The van der Waals surface area contributed by atoms with Crippen molar-refractivity contribution in [2.45, 2.75) is 4.90 Å². The van der Waals surface area contributed by atoms with Crippen LogP contribution in [0.3, 0.4) is 0 Å². The predicted molar refractivity (Wildman–Crippen MR) is 58.8 cm³/mol. The number of pyridine rings is 1. The molecule has 4 nitrogen and oxygen atoms in total. The van der Waals surface area contributed by atoms with Gasteiger partial charge in [-0.25, -0.2) is 0 Å². The average molecular weight is 246 g/mol. The normalized spacial score (nSPS) is 11.0. The van der Waals surface area contributed by atoms with E-state index in [1.807, 2.05) is 0 Å². The molecule has 0 aliphatic rings. The summed E-state index contributed by atoms with van der Waals surface area (Å²) in [4.78, 5) is 3.87. The molecule has 1 heterocycles. The Morgan fingerprint density at radius 2 is 1.80 bits per heavy atom. The number of hydrogen-bond donors (Lipinski definition) is 1. The highest BCUT2D eigenvalue weighted by atomic mass is 35.5. The van der Waals surface area contributed by atoms with Gasteiger partial charge in [0.05, 0.1) is 5.52 Å². The van der Waals surface area contributed by atoms with Gasteiger partial charge < -0.3 is 0 Å². The van der Waals surface area contributed by atoms with E-state index in [9.17, 15) is 8.42 Å². The molecule has 0 aliphatic heterocycles. The van der Waals surface area contributed by atoms with Crippen molar-refractivity contribution in [1.82, 2.24) is 4.98 Å². The number of fused-ring (bicyclic) bond motifs is 1. The summed E-state index contributed by atoms with van der Waals surface area (Å²) in [7, 11) is -4.17. The molecule has 0 radical (unpaired) electrons. The minimum Gasteiger partial charge on any atom is -0.282 e. The molecule has 0 fully saturated rings. The summed E-state index contributed by atoms with van der Waals surface area (Å²) in [5.41, 5.74) is 0.544. The fraction of sp³-hybridized carbons (Fsp3) is 0. The second-order valence-corrected chi connectivity index (χ2v) is 4.19. The van der Waals surface area contributed by atoms with Crippen LogP contribution in [0, 0.1) is 0 Å². The summed E-state index contributed by atoms with van der Waals surface area (Å²) in [5, 5.41) is 0.428. The van der Waals surface area contributed by atoms with Gasteiger partial charge in [-0.1, -0.05) is 18.2 Å². The van der Waals surface area contributed by atoms with Gasteiger partial charge in [0.15, 0.2) is 0 Å². The van der Waals surface area contributed by atoms with Gasteiger partial charge in [0, 0.05) is 11.6 Å². The highest BCUT2D eigenvalue weighted by Gasteiger charge is 2.13. The largest absolute Gasteiger partial charge is 0.295 e. The van der Waals surface area contributed by atoms with E-state index in [2.05, 4.69) is 4.98 Å². The lowest BCUT2D eigenvalue weighted by Gasteiger charge is -2.01. The zero-order valence-corrected chi connectivity index (χ0v) is 9.12. The van der Waals surface area contributed by atoms with E-state index in [0.717, 1.165) is 0 Å². The van der Waals surface area contributed by atoms with Crippen molar-refractivity contribution in [3.8, 4) is 0 Å². The number of para-hydroxylation sites is 1. The van der Waals surface area contributed by atoms with Crippen molar-refractivity contribution in [2.24, 2.45) is 0 Å². The lowest BCUT2D eigenvalue weighted by Crippen LogP contribution is -1.99. The molecule has 6 heteroatoms. The molecule has 1 aromatic heterocycles. The molecule has 2 aromatic rings. The Hall–Kier alpha value is -1.17. The molecule has 80 valence electrons. The molecule has 0 saturated carbocycles. The van der Waals surface area contributed by atoms with E-state index in [1.54, 1.807) is 24.3 Å². The number of benzene rings is 1. The molecule has 0 spiro atoms. The molecular formula is C9H8ClNO3S. The van der Waals surface area contributed by atoms with Gasteiger partial charge in [0.2, 0.25) is 0 Å². The molecule has 2 rings (SSSR count). The van der Waals surface area contributed by atoms with Gasteiger partial charge >= 0.3 is 0 Å². The fourth-order valence-electron chi connectivity index (χ4n) is 1.29. The van der Waals surface area contributed by atoms with E-state index in [0.29, 0.717) is 10.9 Å². The Bertz CT molecular complexity index is 577. The Balaban J connectivity index is 0.00000112. The van der Waals surface area contributed by atoms with Crippen LogP contribution in [0.25, 0.3) is 10.9 Å². The standard InChI is InChI=1S/C9H7NO3S.ClH/c11-14(12,13)9-5-6-10-8-4-2-1-3-7(8)9;/h1-6H,(H,11,12,13);1H. The van der Waals surface area contributed by atoms with E-state index in [-0.39, 0.29) is 17.3 Å². The SMILES string of the molecule is Cl.O=S(=O)(O)c1ccnc2ccccc12. The van der Waals surface area contributed by atoms with Crippen LogP contribution in [-0.4, -0.2) is 18.0 Å². The first kappa shape index (κ1) is 11.9. The molecule has 1 aromatic carbocycles. The van der Waals surface area contributed by atoms with Crippen molar-refractivity contribution in [1.29, 1.82) is 0 Å². The summed E-state index contributed by atoms with van der Waals surface area (Å²) in [6.07, 6.45) is 1.35. The Morgan fingerprint density at radius 3 is 2.47 bits per heavy atom. The van der Waals surface area contributed by atoms with E-state index >= 15 is 0 Å². The summed E-state index contributed by atoms with van der Waals surface area (Å²) < 4.78 is 30.9. The topological polar surface area (TPSA) is 67.3 Å². The third kappa shape index (κ3) is 2.26. The van der Waals surface area contributed by atoms with E-state index in [4.69, 9.17) is 4.55 Å². The number of halogens is 1. The molecule has 0 saturated heterocycles. The monoisotopic (exact) mass is 245 g/mol. The average Bonchev–Trinajstić information content (AvgIpc) is 2.15. The van der Waals surface area contributed by atoms with Crippen molar-refractivity contribution >= 4 is 33.4 Å². The fourth-order valence-corrected chi connectivity index (χ4v) is 1.98. The number of hydrogen-bond acceptors (Lipinski definition) is 3. The zero-order chi connectivity index (χ0) is 10.2. The Labute approximate surface area is 93.1 Å². The molecule has 0 amide bonds. The van der Waals surface area contributed by atoms with Crippen LogP contribution in [0.4, 0.5) is 0 Å². The first-order valence-electron chi connectivity index (χ1n) is 3.90. The minimum atomic E-state index is -4.17. The second kappa shape index (κ2) is 4.14. The lowest BCUT2D eigenvalue weighted by atomic mass is 10.2. The van der Waals surface area contributed by atoms with Crippen LogP contribution in [0.1, 0.15) is 0 Å². The molecule has 0 aliphatic carbocycles. The molecular weight excluding hydrogens is 238 g/mol. The summed E-state index contributed by atoms with van der Waals surface area (Å²) in [6.45, 7) is 0. The van der Waals surface area contributed by atoms with Crippen LogP contribution in [0.15, 0.2) is 41.4 Å². The maximum absolute atomic E-state index is 11.0. The third-order valence-electron chi connectivity index (χ3n) is 1.89. The summed E-state index contributed by atoms with van der Waals surface area (Å²) >= 11 is 0. The smallest absolute Gasteiger partial charge is 0.282 e. The van der Waals surface area contributed by atoms with Crippen molar-refractivity contribution in [3.05, 3.63) is 36.5 Å². The van der Waals surface area contributed by atoms with Crippen LogP contribution in [0.5, 0.6) is 0 Å². The van der Waals surface area contributed by atoms with Gasteiger partial charge in [-0.2, -0.15) is 8.42 Å². The molecule has 1 N–H and O–H groups in total. The van der Waals surface area contributed by atoms with Crippen LogP contribution in [-0.2, 0) is 10.1 Å². The van der Waals surface area contributed by atoms with E-state index in [1.165, 1.54) is 12.3 Å². The first-order chi connectivity index (χ1) is 6.59. The maximum Gasteiger partial charge on any atom is 0.295 e. The van der Waals surface area contributed by atoms with Crippen molar-refractivity contribution < 1.29 is 13.0 Å². The lowest BCUT2D eigenvalue weighted by molar-refractivity contribution is 0.484. The molecule has 0 unspecified atom stereocenters. The van der Waals surface area contributed by atoms with Crippen molar-refractivity contribution in [2.75, 3.05) is 0 Å². The van der Waals surface area contributed by atoms with Gasteiger partial charge in [-0.05, 0) is 12.1 Å². The summed E-state index contributed by atoms with van der Waals surface area (Å²) in [6, 6.07) is 8.01. The van der Waals surface area contributed by atoms with Gasteiger partial charge in [0.25, 0.3) is 10.1 Å². The van der Waals surface area contributed by atoms with Gasteiger partial charge in [-0.15, -0.1) is 12.4 Å². The molecule has 0 bridgehead atoms. The summed E-state index contributed by atoms with van der Waals surface area (Å²) in [5.74, 6) is 0. The van der Waals surface area contributed by atoms with Crippen LogP contribution >= 0.6 is 12.4 Å². The number of nitrogens with zero attached hydrogens (tertiary/aromatic N) is 1. The second-order valence-electron chi connectivity index (χ2n) is 2.80.